The van der Waals surface area contributed by atoms with Crippen LogP contribution in [0.5, 0.6) is 0 Å². The number of rotatable bonds is 4. The van der Waals surface area contributed by atoms with Crippen LogP contribution in [0.4, 0.5) is 0 Å². The highest BCUT2D eigenvalue weighted by Gasteiger charge is 2.35. The van der Waals surface area contributed by atoms with E-state index in [4.69, 9.17) is 0 Å². The zero-order valence-electron chi connectivity index (χ0n) is 11.3. The Morgan fingerprint density at radius 3 is 2.78 bits per heavy atom. The van der Waals surface area contributed by atoms with E-state index in [1.807, 2.05) is 0 Å². The summed E-state index contributed by atoms with van der Waals surface area (Å²) in [5.74, 6) is 3.31. The molecule has 18 heavy (non-hydrogen) atoms. The first-order valence-corrected chi connectivity index (χ1v) is 9.65. The van der Waals surface area contributed by atoms with Crippen LogP contribution < -0.4 is 5.32 Å². The summed E-state index contributed by atoms with van der Waals surface area (Å²) in [5.41, 5.74) is 0. The van der Waals surface area contributed by atoms with Gasteiger partial charge in [-0.2, -0.15) is 11.8 Å². The van der Waals surface area contributed by atoms with Gasteiger partial charge < -0.3 is 5.32 Å². The molecule has 0 amide bonds. The summed E-state index contributed by atoms with van der Waals surface area (Å²) in [6.07, 6.45) is 0. The third-order valence-corrected chi connectivity index (χ3v) is 7.49. The Balaban J connectivity index is 2.04. The molecular formula is C12H24N2O2S2. The van der Waals surface area contributed by atoms with Crippen LogP contribution >= 0.6 is 11.8 Å². The van der Waals surface area contributed by atoms with Crippen molar-refractivity contribution in [2.45, 2.75) is 19.2 Å². The quantitative estimate of drug-likeness (QED) is 0.824. The third kappa shape index (κ3) is 3.21. The molecule has 0 spiro atoms. The zero-order valence-corrected chi connectivity index (χ0v) is 12.9. The average molecular weight is 292 g/mol. The van der Waals surface area contributed by atoms with Crippen molar-refractivity contribution in [3.8, 4) is 0 Å². The van der Waals surface area contributed by atoms with Gasteiger partial charge in [0.15, 0.2) is 9.84 Å². The van der Waals surface area contributed by atoms with Gasteiger partial charge in [0.25, 0.3) is 0 Å². The molecule has 2 aliphatic heterocycles. The number of hydrogen-bond donors (Lipinski definition) is 1. The molecule has 2 saturated heterocycles. The lowest BCUT2D eigenvalue weighted by Crippen LogP contribution is -2.50. The fourth-order valence-electron chi connectivity index (χ4n) is 2.76. The Hall–Kier alpha value is 0.220. The Kier molecular flexibility index (Phi) is 4.97. The van der Waals surface area contributed by atoms with Gasteiger partial charge in [-0.3, -0.25) is 4.90 Å². The zero-order chi connectivity index (χ0) is 13.2. The third-order valence-electron chi connectivity index (χ3n) is 4.15. The molecule has 0 saturated carbocycles. The van der Waals surface area contributed by atoms with Gasteiger partial charge in [0.1, 0.15) is 5.37 Å². The maximum absolute atomic E-state index is 12.1. The van der Waals surface area contributed by atoms with Crippen molar-refractivity contribution in [2.24, 2.45) is 11.8 Å². The molecule has 2 heterocycles. The molecule has 0 aromatic carbocycles. The second-order valence-corrected chi connectivity index (χ2v) is 8.97. The van der Waals surface area contributed by atoms with Gasteiger partial charge in [-0.05, 0) is 24.9 Å². The van der Waals surface area contributed by atoms with Crippen LogP contribution in [0.2, 0.25) is 0 Å². The van der Waals surface area contributed by atoms with E-state index >= 15 is 0 Å². The minimum absolute atomic E-state index is 0.256. The van der Waals surface area contributed by atoms with Gasteiger partial charge >= 0.3 is 0 Å². The predicted octanol–water partition coefficient (Wildman–Crippen LogP) is 0.652. The van der Waals surface area contributed by atoms with E-state index in [-0.39, 0.29) is 11.1 Å². The molecule has 2 rings (SSSR count). The largest absolute Gasteiger partial charge is 0.316 e. The van der Waals surface area contributed by atoms with Crippen molar-refractivity contribution in [3.05, 3.63) is 0 Å². The van der Waals surface area contributed by atoms with Crippen LogP contribution in [-0.4, -0.2) is 62.1 Å². The van der Waals surface area contributed by atoms with Crippen LogP contribution in [0.15, 0.2) is 0 Å². The molecule has 0 aliphatic carbocycles. The highest BCUT2D eigenvalue weighted by molar-refractivity contribution is 8.01. The highest BCUT2D eigenvalue weighted by Crippen LogP contribution is 2.25. The van der Waals surface area contributed by atoms with Gasteiger partial charge in [-0.1, -0.05) is 13.8 Å². The molecule has 0 radical (unpaired) electrons. The van der Waals surface area contributed by atoms with Crippen LogP contribution in [0.1, 0.15) is 13.8 Å². The lowest BCUT2D eigenvalue weighted by atomic mass is 9.97. The van der Waals surface area contributed by atoms with Gasteiger partial charge in [-0.15, -0.1) is 0 Å². The first-order valence-electron chi connectivity index (χ1n) is 6.78. The highest BCUT2D eigenvalue weighted by atomic mass is 32.2. The van der Waals surface area contributed by atoms with E-state index in [9.17, 15) is 8.42 Å². The van der Waals surface area contributed by atoms with E-state index in [1.165, 1.54) is 0 Å². The molecule has 0 aromatic rings. The summed E-state index contributed by atoms with van der Waals surface area (Å²) < 4.78 is 24.3. The summed E-state index contributed by atoms with van der Waals surface area (Å²) in [5, 5.41) is 3.14. The molecule has 3 atom stereocenters. The summed E-state index contributed by atoms with van der Waals surface area (Å²) in [6, 6.07) is 0. The van der Waals surface area contributed by atoms with Crippen LogP contribution in [0.25, 0.3) is 0 Å². The lowest BCUT2D eigenvalue weighted by molar-refractivity contribution is 0.215. The standard InChI is InChI=1S/C12H24N2O2S2/c1-3-18(15,16)12-9-17-5-4-14(12)8-11-7-13-6-10(11)2/h10-13H,3-9H2,1-2H3. The van der Waals surface area contributed by atoms with Crippen molar-refractivity contribution in [1.82, 2.24) is 10.2 Å². The molecule has 3 unspecified atom stereocenters. The Bertz CT molecular complexity index is 372. The topological polar surface area (TPSA) is 49.4 Å². The molecule has 2 aliphatic rings. The molecule has 0 aromatic heterocycles. The van der Waals surface area contributed by atoms with Crippen molar-refractivity contribution in [1.29, 1.82) is 0 Å². The van der Waals surface area contributed by atoms with Gasteiger partial charge in [0, 0.05) is 30.3 Å². The second-order valence-electron chi connectivity index (χ2n) is 5.37. The smallest absolute Gasteiger partial charge is 0.166 e. The monoisotopic (exact) mass is 292 g/mol. The second kappa shape index (κ2) is 6.11. The Morgan fingerprint density at radius 2 is 2.17 bits per heavy atom. The van der Waals surface area contributed by atoms with Crippen molar-refractivity contribution in [2.75, 3.05) is 43.4 Å². The maximum Gasteiger partial charge on any atom is 0.166 e. The van der Waals surface area contributed by atoms with Crippen molar-refractivity contribution in [3.63, 3.8) is 0 Å². The summed E-state index contributed by atoms with van der Waals surface area (Å²) in [4.78, 5) is 2.21. The lowest BCUT2D eigenvalue weighted by Gasteiger charge is -2.36. The number of thioether (sulfide) groups is 1. The maximum atomic E-state index is 12.1. The van der Waals surface area contributed by atoms with Crippen molar-refractivity contribution < 1.29 is 8.42 Å². The first-order chi connectivity index (χ1) is 8.54. The van der Waals surface area contributed by atoms with E-state index < -0.39 is 9.84 Å². The SMILES string of the molecule is CCS(=O)(=O)C1CSCCN1CC1CNCC1C. The van der Waals surface area contributed by atoms with E-state index in [0.29, 0.717) is 11.8 Å². The predicted molar refractivity (Wildman–Crippen MR) is 77.7 cm³/mol. The number of sulfone groups is 1. The molecule has 0 bridgehead atoms. The Labute approximate surface area is 115 Å². The fraction of sp³-hybridized carbons (Fsp3) is 1.00. The molecule has 2 fully saturated rings. The van der Waals surface area contributed by atoms with E-state index in [2.05, 4.69) is 17.1 Å². The van der Waals surface area contributed by atoms with Gasteiger partial charge in [0.2, 0.25) is 0 Å². The van der Waals surface area contributed by atoms with Crippen LogP contribution in [0, 0.1) is 11.8 Å². The van der Waals surface area contributed by atoms with Crippen LogP contribution in [-0.2, 0) is 9.84 Å². The molecule has 106 valence electrons. The fourth-order valence-corrected chi connectivity index (χ4v) is 5.85. The molecule has 4 nitrogen and oxygen atoms in total. The number of nitrogens with one attached hydrogen (secondary N) is 1. The Morgan fingerprint density at radius 1 is 1.39 bits per heavy atom. The number of hydrogen-bond acceptors (Lipinski definition) is 5. The normalized spacial score (nSPS) is 34.9. The number of nitrogens with zero attached hydrogens (tertiary/aromatic N) is 1. The van der Waals surface area contributed by atoms with Crippen molar-refractivity contribution >= 4 is 21.6 Å². The summed E-state index contributed by atoms with van der Waals surface area (Å²) >= 11 is 1.77. The minimum Gasteiger partial charge on any atom is -0.316 e. The first kappa shape index (κ1) is 14.6. The summed E-state index contributed by atoms with van der Waals surface area (Å²) in [6.45, 7) is 7.96. The molecule has 6 heteroatoms. The molecule has 1 N–H and O–H groups in total. The van der Waals surface area contributed by atoms with Gasteiger partial charge in [0.05, 0.1) is 0 Å². The summed E-state index contributed by atoms with van der Waals surface area (Å²) in [7, 11) is -2.94. The van der Waals surface area contributed by atoms with E-state index in [1.54, 1.807) is 18.7 Å². The van der Waals surface area contributed by atoms with Crippen LogP contribution in [0.3, 0.4) is 0 Å². The van der Waals surface area contributed by atoms with E-state index in [0.717, 1.165) is 37.7 Å². The molecular weight excluding hydrogens is 268 g/mol. The van der Waals surface area contributed by atoms with Gasteiger partial charge in [-0.25, -0.2) is 8.42 Å². The average Bonchev–Trinajstić information content (AvgIpc) is 2.76. The minimum atomic E-state index is -2.94.